The maximum absolute atomic E-state index is 11.2. The minimum absolute atomic E-state index is 0.112. The van der Waals surface area contributed by atoms with E-state index >= 15 is 0 Å². The number of aliphatic hydroxyl groups excluding tert-OH is 1. The number of benzene rings is 1. The van der Waals surface area contributed by atoms with Gasteiger partial charge >= 0.3 is 0 Å². The molecule has 18 heavy (non-hydrogen) atoms. The Morgan fingerprint density at radius 2 is 2.11 bits per heavy atom. The van der Waals surface area contributed by atoms with Gasteiger partial charge in [-0.2, -0.15) is 0 Å². The van der Waals surface area contributed by atoms with Crippen molar-refractivity contribution in [3.63, 3.8) is 0 Å². The molecule has 98 valence electrons. The molecule has 1 aliphatic carbocycles. The first-order valence-electron chi connectivity index (χ1n) is 6.38. The minimum atomic E-state index is 0.112. The van der Waals surface area contributed by atoms with Crippen LogP contribution in [0.5, 0.6) is 0 Å². The Balaban J connectivity index is 2.33. The number of nitrogens with zero attached hydrogens (tertiary/aromatic N) is 1. The molecule has 0 radical (unpaired) electrons. The second-order valence-electron chi connectivity index (χ2n) is 4.68. The highest BCUT2D eigenvalue weighted by molar-refractivity contribution is 9.10. The predicted octanol–water partition coefficient (Wildman–Crippen LogP) is 3.00. The molecule has 2 rings (SSSR count). The van der Waals surface area contributed by atoms with Crippen molar-refractivity contribution in [3.05, 3.63) is 28.2 Å². The fourth-order valence-electron chi connectivity index (χ4n) is 2.69. The van der Waals surface area contributed by atoms with Crippen LogP contribution in [-0.2, 0) is 0 Å². The summed E-state index contributed by atoms with van der Waals surface area (Å²) in [5.41, 5.74) is 1.62. The van der Waals surface area contributed by atoms with Crippen LogP contribution in [0, 0.1) is 0 Å². The topological polar surface area (TPSA) is 40.5 Å². The number of rotatable bonds is 5. The van der Waals surface area contributed by atoms with Gasteiger partial charge in [0, 0.05) is 28.3 Å². The average molecular weight is 312 g/mol. The molecular weight excluding hydrogens is 294 g/mol. The Bertz CT molecular complexity index is 416. The van der Waals surface area contributed by atoms with Gasteiger partial charge in [0.2, 0.25) is 0 Å². The number of anilines is 1. The molecule has 0 unspecified atom stereocenters. The molecule has 1 aromatic rings. The van der Waals surface area contributed by atoms with E-state index < -0.39 is 0 Å². The second kappa shape index (κ2) is 6.34. The monoisotopic (exact) mass is 311 g/mol. The van der Waals surface area contributed by atoms with E-state index in [9.17, 15) is 9.90 Å². The van der Waals surface area contributed by atoms with Crippen LogP contribution >= 0.6 is 15.9 Å². The Morgan fingerprint density at radius 3 is 2.72 bits per heavy atom. The highest BCUT2D eigenvalue weighted by Crippen LogP contribution is 2.31. The molecule has 0 bridgehead atoms. The molecule has 1 aromatic carbocycles. The van der Waals surface area contributed by atoms with Gasteiger partial charge in [0.1, 0.15) is 0 Å². The normalized spacial score (nSPS) is 15.9. The van der Waals surface area contributed by atoms with Crippen molar-refractivity contribution in [2.24, 2.45) is 0 Å². The van der Waals surface area contributed by atoms with Crippen LogP contribution in [0.1, 0.15) is 36.0 Å². The molecule has 3 nitrogen and oxygen atoms in total. The summed E-state index contributed by atoms with van der Waals surface area (Å²) in [7, 11) is 0. The lowest BCUT2D eigenvalue weighted by Gasteiger charge is -2.31. The second-order valence-corrected chi connectivity index (χ2v) is 5.59. The van der Waals surface area contributed by atoms with Gasteiger partial charge < -0.3 is 10.0 Å². The molecule has 0 amide bonds. The summed E-state index contributed by atoms with van der Waals surface area (Å²) in [6, 6.07) is 6.12. The first-order chi connectivity index (χ1) is 8.76. The van der Waals surface area contributed by atoms with E-state index in [2.05, 4.69) is 20.8 Å². The molecule has 0 aromatic heterocycles. The van der Waals surface area contributed by atoms with Gasteiger partial charge in [-0.25, -0.2) is 0 Å². The molecule has 1 fully saturated rings. The summed E-state index contributed by atoms with van der Waals surface area (Å²) in [4.78, 5) is 13.3. The Labute approximate surface area is 116 Å². The number of aliphatic hydroxyl groups is 1. The third kappa shape index (κ3) is 2.93. The molecular formula is C14H18BrNO2. The number of carbonyl (C=O) groups excluding carboxylic acids is 1. The molecule has 0 aliphatic heterocycles. The Hall–Kier alpha value is -0.870. The molecule has 1 aliphatic rings. The van der Waals surface area contributed by atoms with E-state index in [0.29, 0.717) is 18.2 Å². The van der Waals surface area contributed by atoms with E-state index in [4.69, 9.17) is 0 Å². The molecule has 4 heteroatoms. The van der Waals surface area contributed by atoms with Gasteiger partial charge in [0.15, 0.2) is 6.29 Å². The molecule has 1 saturated carbocycles. The van der Waals surface area contributed by atoms with Crippen LogP contribution in [0.3, 0.4) is 0 Å². The van der Waals surface area contributed by atoms with Gasteiger partial charge in [-0.3, -0.25) is 4.79 Å². The van der Waals surface area contributed by atoms with Gasteiger partial charge in [0.25, 0.3) is 0 Å². The standard InChI is InChI=1S/C14H18BrNO2/c15-12-6-5-11(10-18)14(9-12)16(7-8-17)13-3-1-2-4-13/h5-6,9-10,13,17H,1-4,7-8H2. The van der Waals surface area contributed by atoms with Gasteiger partial charge in [-0.1, -0.05) is 28.8 Å². The van der Waals surface area contributed by atoms with Crippen LogP contribution in [0.2, 0.25) is 0 Å². The van der Waals surface area contributed by atoms with Crippen molar-refractivity contribution in [1.29, 1.82) is 0 Å². The number of hydrogen-bond donors (Lipinski definition) is 1. The summed E-state index contributed by atoms with van der Waals surface area (Å²) in [6.45, 7) is 0.698. The number of carbonyl (C=O) groups is 1. The SMILES string of the molecule is O=Cc1ccc(Br)cc1N(CCO)C1CCCC1. The van der Waals surface area contributed by atoms with Crippen LogP contribution in [0.4, 0.5) is 5.69 Å². The molecule has 0 heterocycles. The lowest BCUT2D eigenvalue weighted by atomic mass is 10.1. The van der Waals surface area contributed by atoms with Crippen molar-refractivity contribution in [3.8, 4) is 0 Å². The van der Waals surface area contributed by atoms with E-state index in [-0.39, 0.29) is 6.61 Å². The van der Waals surface area contributed by atoms with Gasteiger partial charge in [-0.05, 0) is 31.0 Å². The van der Waals surface area contributed by atoms with Crippen molar-refractivity contribution in [2.75, 3.05) is 18.1 Å². The zero-order valence-corrected chi connectivity index (χ0v) is 11.9. The first kappa shape index (κ1) is 13.6. The third-order valence-corrected chi connectivity index (χ3v) is 4.03. The lowest BCUT2D eigenvalue weighted by Crippen LogP contribution is -2.36. The molecule has 0 saturated heterocycles. The smallest absolute Gasteiger partial charge is 0.152 e. The van der Waals surface area contributed by atoms with Crippen molar-refractivity contribution in [1.82, 2.24) is 0 Å². The van der Waals surface area contributed by atoms with E-state index in [0.717, 1.165) is 29.3 Å². The zero-order valence-electron chi connectivity index (χ0n) is 10.3. The van der Waals surface area contributed by atoms with E-state index in [1.807, 2.05) is 18.2 Å². The van der Waals surface area contributed by atoms with E-state index in [1.165, 1.54) is 12.8 Å². The van der Waals surface area contributed by atoms with Crippen molar-refractivity contribution in [2.45, 2.75) is 31.7 Å². The summed E-state index contributed by atoms with van der Waals surface area (Å²) in [5.74, 6) is 0. The summed E-state index contributed by atoms with van der Waals surface area (Å²) < 4.78 is 0.962. The van der Waals surface area contributed by atoms with Crippen molar-refractivity contribution >= 4 is 27.9 Å². The minimum Gasteiger partial charge on any atom is -0.395 e. The molecule has 0 atom stereocenters. The Kier molecular flexibility index (Phi) is 4.78. The Morgan fingerprint density at radius 1 is 1.39 bits per heavy atom. The lowest BCUT2D eigenvalue weighted by molar-refractivity contribution is 0.112. The fraction of sp³-hybridized carbons (Fsp3) is 0.500. The fourth-order valence-corrected chi connectivity index (χ4v) is 3.04. The van der Waals surface area contributed by atoms with Crippen LogP contribution in [0.15, 0.2) is 22.7 Å². The summed E-state index contributed by atoms with van der Waals surface area (Å²) in [6.07, 6.45) is 5.64. The predicted molar refractivity (Wildman–Crippen MR) is 76.2 cm³/mol. The third-order valence-electron chi connectivity index (χ3n) is 3.54. The van der Waals surface area contributed by atoms with E-state index in [1.54, 1.807) is 0 Å². The summed E-state index contributed by atoms with van der Waals surface area (Å²) in [5, 5.41) is 9.25. The number of hydrogen-bond acceptors (Lipinski definition) is 3. The van der Waals surface area contributed by atoms with Crippen LogP contribution in [-0.4, -0.2) is 30.6 Å². The van der Waals surface area contributed by atoms with Gasteiger partial charge in [-0.15, -0.1) is 0 Å². The molecule has 0 spiro atoms. The summed E-state index contributed by atoms with van der Waals surface area (Å²) >= 11 is 3.45. The maximum Gasteiger partial charge on any atom is 0.152 e. The molecule has 1 N–H and O–H groups in total. The highest BCUT2D eigenvalue weighted by atomic mass is 79.9. The van der Waals surface area contributed by atoms with Gasteiger partial charge in [0.05, 0.1) is 6.61 Å². The first-order valence-corrected chi connectivity index (χ1v) is 7.18. The van der Waals surface area contributed by atoms with Crippen LogP contribution in [0.25, 0.3) is 0 Å². The largest absolute Gasteiger partial charge is 0.395 e. The maximum atomic E-state index is 11.2. The zero-order chi connectivity index (χ0) is 13.0. The quantitative estimate of drug-likeness (QED) is 0.850. The van der Waals surface area contributed by atoms with Crippen molar-refractivity contribution < 1.29 is 9.90 Å². The van der Waals surface area contributed by atoms with Crippen LogP contribution < -0.4 is 4.90 Å². The number of halogens is 1. The highest BCUT2D eigenvalue weighted by Gasteiger charge is 2.24. The average Bonchev–Trinajstić information content (AvgIpc) is 2.89. The number of aldehydes is 1.